The second-order valence-corrected chi connectivity index (χ2v) is 3.59. The molecule has 0 rings (SSSR count). The summed E-state index contributed by atoms with van der Waals surface area (Å²) in [4.78, 5) is 10.6. The Bertz CT molecular complexity index is 237. The molecule has 0 aliphatic heterocycles. The average molecular weight is 231 g/mol. The van der Waals surface area contributed by atoms with Crippen molar-refractivity contribution in [1.29, 1.82) is 0 Å². The molecule has 0 aliphatic carbocycles. The van der Waals surface area contributed by atoms with Crippen molar-refractivity contribution in [3.05, 3.63) is 12.7 Å². The number of amides is 1. The van der Waals surface area contributed by atoms with Gasteiger partial charge in [-0.2, -0.15) is 0 Å². The van der Waals surface area contributed by atoms with Gasteiger partial charge in [-0.15, -0.1) is 0 Å². The summed E-state index contributed by atoms with van der Waals surface area (Å²) in [5, 5.41) is 2.71. The van der Waals surface area contributed by atoms with E-state index in [-0.39, 0.29) is 41.0 Å². The Hall–Kier alpha value is 0.120. The molecule has 1 amide bonds. The first-order chi connectivity index (χ1) is 5.69. The first kappa shape index (κ1) is 19.7. The fourth-order valence-corrected chi connectivity index (χ4v) is 0.421. The standard InChI is InChI=1S/C7H13NO.Na.HO3S/c1-5-6(9)8-7(2,3)4;;1-4(2)3/h5H,1H2,2-4H3,(H,8,9);;(H,1,2,3)/q;+1;-1. The zero-order valence-electron chi connectivity index (χ0n) is 8.86. The Kier molecular flexibility index (Phi) is 13.6. The molecule has 0 unspecified atom stereocenters. The van der Waals surface area contributed by atoms with E-state index < -0.39 is 11.0 Å². The number of carbonyl (C=O) groups excluding carboxylic acids is 1. The van der Waals surface area contributed by atoms with Crippen LogP contribution in [0.1, 0.15) is 20.8 Å². The summed E-state index contributed by atoms with van der Waals surface area (Å²) >= 11 is 0. The van der Waals surface area contributed by atoms with Crippen LogP contribution in [0.15, 0.2) is 12.7 Å². The van der Waals surface area contributed by atoms with E-state index in [1.165, 1.54) is 6.08 Å². The minimum atomic E-state index is -2.86. The zero-order valence-corrected chi connectivity index (χ0v) is 11.7. The van der Waals surface area contributed by atoms with Gasteiger partial charge in [-0.25, -0.2) is 0 Å². The molecule has 14 heavy (non-hydrogen) atoms. The van der Waals surface area contributed by atoms with Crippen molar-refractivity contribution in [2.45, 2.75) is 26.3 Å². The fourth-order valence-electron chi connectivity index (χ4n) is 0.421. The molecular weight excluding hydrogens is 217 g/mol. The van der Waals surface area contributed by atoms with E-state index in [1.807, 2.05) is 20.8 Å². The maximum Gasteiger partial charge on any atom is 1.00 e. The van der Waals surface area contributed by atoms with E-state index in [4.69, 9.17) is 13.0 Å². The summed E-state index contributed by atoms with van der Waals surface area (Å²) in [7, 11) is -2.86. The molecule has 5 nitrogen and oxygen atoms in total. The van der Waals surface area contributed by atoms with Gasteiger partial charge in [0, 0.05) is 16.5 Å². The molecule has 0 saturated carbocycles. The first-order valence-electron chi connectivity index (χ1n) is 3.42. The van der Waals surface area contributed by atoms with E-state index in [2.05, 4.69) is 11.9 Å². The molecular formula is C7H14NNaO4S. The predicted molar refractivity (Wildman–Crippen MR) is 49.5 cm³/mol. The van der Waals surface area contributed by atoms with Gasteiger partial charge in [0.25, 0.3) is 0 Å². The van der Waals surface area contributed by atoms with Crippen molar-refractivity contribution in [2.24, 2.45) is 0 Å². The number of hydrogen-bond acceptors (Lipinski definition) is 4. The van der Waals surface area contributed by atoms with Crippen molar-refractivity contribution >= 4 is 16.9 Å². The molecule has 0 atom stereocenters. The molecule has 2 N–H and O–H groups in total. The zero-order chi connectivity index (χ0) is 11.1. The Labute approximate surface area is 108 Å². The molecule has 0 radical (unpaired) electrons. The van der Waals surface area contributed by atoms with Crippen LogP contribution in [0.4, 0.5) is 0 Å². The third-order valence-electron chi connectivity index (χ3n) is 0.684. The van der Waals surface area contributed by atoms with Crippen LogP contribution in [-0.2, 0) is 24.2 Å². The van der Waals surface area contributed by atoms with Crippen LogP contribution in [0.3, 0.4) is 0 Å². The van der Waals surface area contributed by atoms with E-state index in [1.54, 1.807) is 0 Å². The van der Waals surface area contributed by atoms with Crippen LogP contribution in [0.2, 0.25) is 0 Å². The quantitative estimate of drug-likeness (QED) is 0.177. The summed E-state index contributed by atoms with van der Waals surface area (Å²) in [6, 6.07) is 0. The normalized spacial score (nSPS) is 9.21. The van der Waals surface area contributed by atoms with E-state index >= 15 is 0 Å². The molecule has 0 fully saturated rings. The second-order valence-electron chi connectivity index (χ2n) is 3.16. The molecule has 0 saturated heterocycles. The maximum absolute atomic E-state index is 10.6. The predicted octanol–water partition coefficient (Wildman–Crippen LogP) is -2.14. The summed E-state index contributed by atoms with van der Waals surface area (Å²) in [6.07, 6.45) is 1.27. The van der Waals surface area contributed by atoms with Gasteiger partial charge in [-0.1, -0.05) is 6.58 Å². The molecule has 78 valence electrons. The third kappa shape index (κ3) is 29.6. The van der Waals surface area contributed by atoms with Crippen molar-refractivity contribution in [1.82, 2.24) is 5.32 Å². The molecule has 0 bridgehead atoms. The second kappa shape index (κ2) is 9.67. The van der Waals surface area contributed by atoms with Crippen molar-refractivity contribution < 1.29 is 47.3 Å². The maximum atomic E-state index is 10.6. The van der Waals surface area contributed by atoms with Crippen LogP contribution in [0.5, 0.6) is 0 Å². The Morgan fingerprint density at radius 2 is 1.71 bits per heavy atom. The van der Waals surface area contributed by atoms with Gasteiger partial charge < -0.3 is 18.3 Å². The molecule has 0 aromatic carbocycles. The molecule has 0 aromatic heterocycles. The third-order valence-corrected chi connectivity index (χ3v) is 0.684. The summed E-state index contributed by atoms with van der Waals surface area (Å²) < 4.78 is 24.1. The number of hydrogen-bond donors (Lipinski definition) is 2. The number of rotatable bonds is 1. The van der Waals surface area contributed by atoms with Gasteiger partial charge in [0.2, 0.25) is 5.91 Å². The Balaban J connectivity index is -0.000000209. The van der Waals surface area contributed by atoms with Gasteiger partial charge in [-0.05, 0) is 26.8 Å². The average Bonchev–Trinajstić information content (AvgIpc) is 1.82. The largest absolute Gasteiger partial charge is 1.00 e. The number of carbonyl (C=O) groups is 1. The van der Waals surface area contributed by atoms with Crippen LogP contribution in [-0.4, -0.2) is 16.0 Å². The van der Waals surface area contributed by atoms with Gasteiger partial charge in [-0.3, -0.25) is 4.79 Å². The van der Waals surface area contributed by atoms with Gasteiger partial charge >= 0.3 is 29.6 Å². The topological polar surface area (TPSA) is 83.5 Å². The van der Waals surface area contributed by atoms with Crippen molar-refractivity contribution in [2.75, 3.05) is 0 Å². The minimum absolute atomic E-state index is 0. The summed E-state index contributed by atoms with van der Waals surface area (Å²) in [5.74, 6) is -0.123. The molecule has 0 spiro atoms. The SMILES string of the molecule is C=CC(=O)NC(C)(C)C.O=[S-](=O)O.[Na+]. The monoisotopic (exact) mass is 231 g/mol. The van der Waals surface area contributed by atoms with Crippen LogP contribution in [0.25, 0.3) is 0 Å². The van der Waals surface area contributed by atoms with Crippen LogP contribution >= 0.6 is 0 Å². The summed E-state index contributed by atoms with van der Waals surface area (Å²) in [5.41, 5.74) is -0.148. The van der Waals surface area contributed by atoms with E-state index in [0.29, 0.717) is 0 Å². The smallest absolute Gasteiger partial charge is 0.439 e. The fraction of sp³-hybridized carbons (Fsp3) is 0.571. The van der Waals surface area contributed by atoms with Crippen LogP contribution < -0.4 is 34.9 Å². The van der Waals surface area contributed by atoms with Gasteiger partial charge in [0.15, 0.2) is 0 Å². The summed E-state index contributed by atoms with van der Waals surface area (Å²) in [6.45, 7) is 9.11. The number of nitrogens with one attached hydrogen (secondary N) is 1. The van der Waals surface area contributed by atoms with Crippen molar-refractivity contribution in [3.8, 4) is 0 Å². The molecule has 0 aliphatic rings. The first-order valence-corrected chi connectivity index (χ1v) is 4.45. The van der Waals surface area contributed by atoms with Crippen LogP contribution in [0, 0.1) is 0 Å². The van der Waals surface area contributed by atoms with E-state index in [0.717, 1.165) is 0 Å². The Morgan fingerprint density at radius 1 is 1.43 bits per heavy atom. The Morgan fingerprint density at radius 3 is 1.79 bits per heavy atom. The van der Waals surface area contributed by atoms with E-state index in [9.17, 15) is 4.79 Å². The molecule has 0 aromatic rings. The van der Waals surface area contributed by atoms with Crippen molar-refractivity contribution in [3.63, 3.8) is 0 Å². The van der Waals surface area contributed by atoms with Gasteiger partial charge in [0.05, 0.1) is 0 Å². The minimum Gasteiger partial charge on any atom is -0.439 e. The molecule has 7 heteroatoms. The molecule has 0 heterocycles. The van der Waals surface area contributed by atoms with Gasteiger partial charge in [0.1, 0.15) is 0 Å².